The lowest BCUT2D eigenvalue weighted by Crippen LogP contribution is -2.29. The predicted octanol–water partition coefficient (Wildman–Crippen LogP) is 0.336. The summed E-state index contributed by atoms with van der Waals surface area (Å²) in [5.74, 6) is 0.351. The molecule has 1 aromatic heterocycles. The first-order valence-corrected chi connectivity index (χ1v) is 3.73. The lowest BCUT2D eigenvalue weighted by atomic mass is 10.5. The molecule has 0 saturated heterocycles. The monoisotopic (exact) mass is 169 g/mol. The van der Waals surface area contributed by atoms with E-state index in [0.717, 1.165) is 6.42 Å². The van der Waals surface area contributed by atoms with Crippen molar-refractivity contribution in [1.82, 2.24) is 20.5 Å². The Morgan fingerprint density at radius 1 is 1.75 bits per heavy atom. The summed E-state index contributed by atoms with van der Waals surface area (Å²) in [6.07, 6.45) is 2.24. The number of hydrogen-bond acceptors (Lipinski definition) is 3. The van der Waals surface area contributed by atoms with Gasteiger partial charge in [0.2, 0.25) is 5.95 Å². The zero-order chi connectivity index (χ0) is 8.81. The van der Waals surface area contributed by atoms with Gasteiger partial charge in [-0.1, -0.05) is 6.92 Å². The van der Waals surface area contributed by atoms with Gasteiger partial charge in [0, 0.05) is 6.54 Å². The highest BCUT2D eigenvalue weighted by Gasteiger charge is 2.00. The summed E-state index contributed by atoms with van der Waals surface area (Å²) in [4.78, 5) is 14.7. The summed E-state index contributed by atoms with van der Waals surface area (Å²) in [5, 5.41) is 11.2. The van der Waals surface area contributed by atoms with E-state index in [4.69, 9.17) is 0 Å². The van der Waals surface area contributed by atoms with Crippen molar-refractivity contribution in [2.24, 2.45) is 0 Å². The molecule has 66 valence electrons. The number of H-pyrrole nitrogens is 1. The molecular formula is C6H11N5O. The van der Waals surface area contributed by atoms with Gasteiger partial charge in [0.05, 0.1) is 0 Å². The Hall–Kier alpha value is -1.59. The highest BCUT2D eigenvalue weighted by Crippen LogP contribution is 1.90. The van der Waals surface area contributed by atoms with Crippen molar-refractivity contribution in [3.8, 4) is 0 Å². The molecule has 1 aromatic rings. The van der Waals surface area contributed by atoms with Gasteiger partial charge >= 0.3 is 6.03 Å². The number of nitrogens with one attached hydrogen (secondary N) is 3. The molecule has 3 N–H and O–H groups in total. The minimum atomic E-state index is -0.270. The maximum atomic E-state index is 11.0. The summed E-state index contributed by atoms with van der Waals surface area (Å²) in [7, 11) is 0. The third-order valence-electron chi connectivity index (χ3n) is 1.18. The highest BCUT2D eigenvalue weighted by atomic mass is 16.2. The van der Waals surface area contributed by atoms with Crippen molar-refractivity contribution < 1.29 is 4.79 Å². The first-order valence-electron chi connectivity index (χ1n) is 3.73. The molecule has 0 fully saturated rings. The van der Waals surface area contributed by atoms with Crippen LogP contribution in [0.25, 0.3) is 0 Å². The van der Waals surface area contributed by atoms with Crippen molar-refractivity contribution in [3.63, 3.8) is 0 Å². The Labute approximate surface area is 69.8 Å². The van der Waals surface area contributed by atoms with Crippen molar-refractivity contribution in [2.45, 2.75) is 13.3 Å². The topological polar surface area (TPSA) is 82.7 Å². The molecule has 0 unspecified atom stereocenters. The lowest BCUT2D eigenvalue weighted by Gasteiger charge is -2.01. The Bertz CT molecular complexity index is 232. The first kappa shape index (κ1) is 8.51. The van der Waals surface area contributed by atoms with Gasteiger partial charge in [0.15, 0.2) is 0 Å². The van der Waals surface area contributed by atoms with E-state index in [1.165, 1.54) is 6.33 Å². The predicted molar refractivity (Wildman–Crippen MR) is 43.7 cm³/mol. The number of nitrogens with zero attached hydrogens (tertiary/aromatic N) is 2. The van der Waals surface area contributed by atoms with Crippen LogP contribution in [0, 0.1) is 0 Å². The van der Waals surface area contributed by atoms with E-state index in [1.807, 2.05) is 6.92 Å². The highest BCUT2D eigenvalue weighted by molar-refractivity contribution is 5.87. The van der Waals surface area contributed by atoms with Gasteiger partial charge in [-0.25, -0.2) is 9.89 Å². The quantitative estimate of drug-likeness (QED) is 0.610. The van der Waals surface area contributed by atoms with E-state index < -0.39 is 0 Å². The SMILES string of the molecule is CCCNC(=O)Nc1ncn[nH]1. The van der Waals surface area contributed by atoms with Crippen LogP contribution < -0.4 is 10.6 Å². The molecule has 0 bridgehead atoms. The number of anilines is 1. The van der Waals surface area contributed by atoms with E-state index in [-0.39, 0.29) is 6.03 Å². The largest absolute Gasteiger partial charge is 0.338 e. The molecule has 1 heterocycles. The first-order chi connectivity index (χ1) is 5.83. The number of amides is 2. The number of rotatable bonds is 3. The van der Waals surface area contributed by atoms with Crippen LogP contribution in [0.1, 0.15) is 13.3 Å². The fourth-order valence-electron chi connectivity index (χ4n) is 0.656. The molecule has 0 atom stereocenters. The molecule has 0 saturated carbocycles. The summed E-state index contributed by atoms with van der Waals surface area (Å²) in [5.41, 5.74) is 0. The normalized spacial score (nSPS) is 9.42. The van der Waals surface area contributed by atoms with Crippen molar-refractivity contribution in [3.05, 3.63) is 6.33 Å². The minimum Gasteiger partial charge on any atom is -0.338 e. The van der Waals surface area contributed by atoms with E-state index in [9.17, 15) is 4.79 Å². The molecule has 0 aliphatic carbocycles. The Balaban J connectivity index is 2.27. The molecule has 0 radical (unpaired) electrons. The number of urea groups is 1. The fraction of sp³-hybridized carbons (Fsp3) is 0.500. The van der Waals surface area contributed by atoms with Gasteiger partial charge in [-0.05, 0) is 6.42 Å². The molecule has 12 heavy (non-hydrogen) atoms. The maximum Gasteiger partial charge on any atom is 0.321 e. The summed E-state index contributed by atoms with van der Waals surface area (Å²) in [6.45, 7) is 2.63. The zero-order valence-corrected chi connectivity index (χ0v) is 6.79. The Morgan fingerprint density at radius 2 is 2.58 bits per heavy atom. The van der Waals surface area contributed by atoms with Gasteiger partial charge in [0.25, 0.3) is 0 Å². The Morgan fingerprint density at radius 3 is 3.17 bits per heavy atom. The smallest absolute Gasteiger partial charge is 0.321 e. The second kappa shape index (κ2) is 4.32. The lowest BCUT2D eigenvalue weighted by molar-refractivity contribution is 0.252. The van der Waals surface area contributed by atoms with Crippen molar-refractivity contribution in [1.29, 1.82) is 0 Å². The summed E-state index contributed by atoms with van der Waals surface area (Å²) < 4.78 is 0. The average Bonchev–Trinajstić information content (AvgIpc) is 2.53. The second-order valence-corrected chi connectivity index (χ2v) is 2.21. The minimum absolute atomic E-state index is 0.270. The third-order valence-corrected chi connectivity index (χ3v) is 1.18. The fourth-order valence-corrected chi connectivity index (χ4v) is 0.656. The van der Waals surface area contributed by atoms with Crippen molar-refractivity contribution in [2.75, 3.05) is 11.9 Å². The average molecular weight is 169 g/mol. The van der Waals surface area contributed by atoms with Crippen LogP contribution in [-0.4, -0.2) is 27.8 Å². The van der Waals surface area contributed by atoms with Crippen LogP contribution in [0.4, 0.5) is 10.7 Å². The van der Waals surface area contributed by atoms with E-state index in [1.54, 1.807) is 0 Å². The maximum absolute atomic E-state index is 11.0. The van der Waals surface area contributed by atoms with Gasteiger partial charge in [-0.15, -0.1) is 0 Å². The van der Waals surface area contributed by atoms with E-state index in [2.05, 4.69) is 25.8 Å². The molecule has 0 spiro atoms. The summed E-state index contributed by atoms with van der Waals surface area (Å²) >= 11 is 0. The van der Waals surface area contributed by atoms with E-state index in [0.29, 0.717) is 12.5 Å². The molecule has 0 aliphatic heterocycles. The van der Waals surface area contributed by atoms with Crippen LogP contribution in [-0.2, 0) is 0 Å². The molecule has 6 nitrogen and oxygen atoms in total. The van der Waals surface area contributed by atoms with Crippen LogP contribution in [0.2, 0.25) is 0 Å². The molecule has 1 rings (SSSR count). The molecule has 6 heteroatoms. The summed E-state index contributed by atoms with van der Waals surface area (Å²) in [6, 6.07) is -0.270. The molecular weight excluding hydrogens is 158 g/mol. The van der Waals surface area contributed by atoms with Gasteiger partial charge in [-0.3, -0.25) is 5.32 Å². The van der Waals surface area contributed by atoms with Crippen molar-refractivity contribution >= 4 is 12.0 Å². The standard InChI is InChI=1S/C6H11N5O/c1-2-3-7-6(12)10-5-8-4-9-11-5/h4H,2-3H2,1H3,(H3,7,8,9,10,11,12). The third kappa shape index (κ3) is 2.57. The molecule has 0 aromatic carbocycles. The van der Waals surface area contributed by atoms with Crippen LogP contribution >= 0.6 is 0 Å². The number of carbonyl (C=O) groups excluding carboxylic acids is 1. The number of aromatic nitrogens is 3. The number of aromatic amines is 1. The van der Waals surface area contributed by atoms with Gasteiger partial charge in [-0.2, -0.15) is 10.1 Å². The van der Waals surface area contributed by atoms with Gasteiger partial charge in [0.1, 0.15) is 6.33 Å². The molecule has 0 aliphatic rings. The number of carbonyl (C=O) groups is 1. The number of hydrogen-bond donors (Lipinski definition) is 3. The van der Waals surface area contributed by atoms with Crippen LogP contribution in [0.15, 0.2) is 6.33 Å². The van der Waals surface area contributed by atoms with Crippen LogP contribution in [0.3, 0.4) is 0 Å². The van der Waals surface area contributed by atoms with Crippen LogP contribution in [0.5, 0.6) is 0 Å². The second-order valence-electron chi connectivity index (χ2n) is 2.21. The zero-order valence-electron chi connectivity index (χ0n) is 6.79. The van der Waals surface area contributed by atoms with E-state index >= 15 is 0 Å². The van der Waals surface area contributed by atoms with Gasteiger partial charge < -0.3 is 5.32 Å². The molecule has 2 amide bonds. The Kier molecular flexibility index (Phi) is 3.06.